The molecular formula is C17H13BrIN. The van der Waals surface area contributed by atoms with E-state index in [2.05, 4.69) is 111 Å². The maximum absolute atomic E-state index is 3.49. The molecular weight excluding hydrogens is 425 g/mol. The van der Waals surface area contributed by atoms with Crippen LogP contribution in [0.3, 0.4) is 0 Å². The molecule has 3 rings (SSSR count). The first-order chi connectivity index (χ1) is 9.65. The molecule has 0 N–H and O–H groups in total. The Kier molecular flexibility index (Phi) is 3.98. The number of aromatic nitrogens is 1. The van der Waals surface area contributed by atoms with Crippen molar-refractivity contribution in [1.29, 1.82) is 0 Å². The summed E-state index contributed by atoms with van der Waals surface area (Å²) in [5.74, 6) is 0. The van der Waals surface area contributed by atoms with E-state index in [1.807, 2.05) is 0 Å². The summed E-state index contributed by atoms with van der Waals surface area (Å²) in [7, 11) is 0. The van der Waals surface area contributed by atoms with Crippen molar-refractivity contribution in [2.45, 2.75) is 6.92 Å². The van der Waals surface area contributed by atoms with Crippen molar-refractivity contribution < 1.29 is 0 Å². The van der Waals surface area contributed by atoms with Crippen molar-refractivity contribution >= 4 is 38.5 Å². The van der Waals surface area contributed by atoms with Gasteiger partial charge in [-0.2, -0.15) is 0 Å². The fraction of sp³-hybridized carbons (Fsp3) is 0.0588. The molecule has 0 spiro atoms. The quantitative estimate of drug-likeness (QED) is 0.445. The van der Waals surface area contributed by atoms with Crippen molar-refractivity contribution in [3.8, 4) is 16.9 Å². The second-order valence-corrected chi connectivity index (χ2v) is 6.84. The molecule has 0 atom stereocenters. The molecule has 2 aromatic carbocycles. The Labute approximate surface area is 140 Å². The number of hydrogen-bond acceptors (Lipinski definition) is 0. The summed E-state index contributed by atoms with van der Waals surface area (Å²) in [4.78, 5) is 0. The van der Waals surface area contributed by atoms with Crippen LogP contribution in [0.15, 0.2) is 65.1 Å². The van der Waals surface area contributed by atoms with E-state index in [-0.39, 0.29) is 0 Å². The van der Waals surface area contributed by atoms with Gasteiger partial charge in [0.25, 0.3) is 0 Å². The highest BCUT2D eigenvalue weighted by molar-refractivity contribution is 14.1. The van der Waals surface area contributed by atoms with Gasteiger partial charge >= 0.3 is 0 Å². The number of aryl methyl sites for hydroxylation is 1. The van der Waals surface area contributed by atoms with Crippen molar-refractivity contribution in [2.75, 3.05) is 0 Å². The smallest absolute Gasteiger partial charge is 0.0531 e. The molecule has 0 fully saturated rings. The molecule has 0 bridgehead atoms. The van der Waals surface area contributed by atoms with Crippen LogP contribution in [0, 0.1) is 10.5 Å². The van der Waals surface area contributed by atoms with Gasteiger partial charge in [-0.3, -0.25) is 0 Å². The average Bonchev–Trinajstić information content (AvgIpc) is 2.81. The minimum atomic E-state index is 1.10. The number of benzene rings is 2. The van der Waals surface area contributed by atoms with E-state index in [0.717, 1.165) is 4.47 Å². The summed E-state index contributed by atoms with van der Waals surface area (Å²) in [5, 5.41) is 0. The van der Waals surface area contributed by atoms with Crippen molar-refractivity contribution in [3.63, 3.8) is 0 Å². The molecule has 0 aliphatic heterocycles. The van der Waals surface area contributed by atoms with Crippen LogP contribution in [0.2, 0.25) is 0 Å². The summed E-state index contributed by atoms with van der Waals surface area (Å²) >= 11 is 5.84. The Hall–Kier alpha value is -1.07. The van der Waals surface area contributed by atoms with E-state index in [0.29, 0.717) is 0 Å². The zero-order valence-electron chi connectivity index (χ0n) is 11.0. The molecule has 0 aliphatic rings. The van der Waals surface area contributed by atoms with Crippen LogP contribution in [0.4, 0.5) is 0 Å². The zero-order chi connectivity index (χ0) is 14.1. The first-order valence-corrected chi connectivity index (χ1v) is 8.22. The lowest BCUT2D eigenvalue weighted by Gasteiger charge is -2.12. The second-order valence-electron chi connectivity index (χ2n) is 4.68. The summed E-state index contributed by atoms with van der Waals surface area (Å²) in [5.41, 5.74) is 4.89. The van der Waals surface area contributed by atoms with Crippen LogP contribution < -0.4 is 0 Å². The first-order valence-electron chi connectivity index (χ1n) is 6.35. The van der Waals surface area contributed by atoms with Gasteiger partial charge in [0.1, 0.15) is 0 Å². The van der Waals surface area contributed by atoms with E-state index in [9.17, 15) is 0 Å². The van der Waals surface area contributed by atoms with Crippen LogP contribution in [-0.2, 0) is 0 Å². The monoisotopic (exact) mass is 437 g/mol. The lowest BCUT2D eigenvalue weighted by Crippen LogP contribution is -1.99. The van der Waals surface area contributed by atoms with Gasteiger partial charge in [-0.1, -0.05) is 34.1 Å². The fourth-order valence-electron chi connectivity index (χ4n) is 2.34. The van der Waals surface area contributed by atoms with E-state index in [1.54, 1.807) is 0 Å². The second kappa shape index (κ2) is 5.74. The average molecular weight is 438 g/mol. The minimum Gasteiger partial charge on any atom is -0.314 e. The van der Waals surface area contributed by atoms with Crippen LogP contribution in [0.5, 0.6) is 0 Å². The predicted molar refractivity (Wildman–Crippen MR) is 96.4 cm³/mol. The Morgan fingerprint density at radius 2 is 1.70 bits per heavy atom. The molecule has 0 saturated carbocycles. The lowest BCUT2D eigenvalue weighted by molar-refractivity contribution is 1.02. The zero-order valence-corrected chi connectivity index (χ0v) is 14.7. The topological polar surface area (TPSA) is 4.93 Å². The van der Waals surface area contributed by atoms with Crippen molar-refractivity contribution in [1.82, 2.24) is 4.57 Å². The number of halogens is 2. The summed E-state index contributed by atoms with van der Waals surface area (Å²) in [6.07, 6.45) is 0. The molecule has 1 nitrogen and oxygen atoms in total. The van der Waals surface area contributed by atoms with Crippen LogP contribution in [-0.4, -0.2) is 4.57 Å². The highest BCUT2D eigenvalue weighted by Gasteiger charge is 2.09. The van der Waals surface area contributed by atoms with Gasteiger partial charge in [0, 0.05) is 19.4 Å². The highest BCUT2D eigenvalue weighted by Crippen LogP contribution is 2.28. The molecule has 0 unspecified atom stereocenters. The van der Waals surface area contributed by atoms with Crippen LogP contribution in [0.25, 0.3) is 16.9 Å². The lowest BCUT2D eigenvalue weighted by atomic mass is 10.1. The highest BCUT2D eigenvalue weighted by atomic mass is 127. The maximum atomic E-state index is 3.49. The van der Waals surface area contributed by atoms with Gasteiger partial charge in [0.05, 0.1) is 5.69 Å². The van der Waals surface area contributed by atoms with Gasteiger partial charge in [0.2, 0.25) is 0 Å². The standard InChI is InChI=1S/C17H13BrIN/c1-12-5-10-17(13-6-8-14(18)9-7-13)20(12)16-4-2-3-15(19)11-16/h2-11H,1H3. The Balaban J connectivity index is 2.17. The Morgan fingerprint density at radius 1 is 0.950 bits per heavy atom. The summed E-state index contributed by atoms with van der Waals surface area (Å²) in [6, 6.07) is 21.4. The third-order valence-corrected chi connectivity index (χ3v) is 4.48. The summed E-state index contributed by atoms with van der Waals surface area (Å²) in [6.45, 7) is 2.14. The predicted octanol–water partition coefficient (Wildman–Crippen LogP) is 5.82. The number of hydrogen-bond donors (Lipinski definition) is 0. The van der Waals surface area contributed by atoms with Crippen LogP contribution >= 0.6 is 38.5 Å². The largest absolute Gasteiger partial charge is 0.314 e. The molecule has 3 aromatic rings. The first kappa shape index (κ1) is 13.9. The minimum absolute atomic E-state index is 1.10. The molecule has 100 valence electrons. The normalized spacial score (nSPS) is 10.8. The SMILES string of the molecule is Cc1ccc(-c2ccc(Br)cc2)n1-c1cccc(I)c1. The molecule has 0 amide bonds. The van der Waals surface area contributed by atoms with Gasteiger partial charge in [0.15, 0.2) is 0 Å². The summed E-state index contributed by atoms with van der Waals surface area (Å²) < 4.78 is 4.64. The van der Waals surface area contributed by atoms with Crippen molar-refractivity contribution in [2.24, 2.45) is 0 Å². The molecule has 0 radical (unpaired) electrons. The third-order valence-electron chi connectivity index (χ3n) is 3.28. The Bertz CT molecular complexity index is 744. The Morgan fingerprint density at radius 3 is 2.40 bits per heavy atom. The van der Waals surface area contributed by atoms with E-state index in [4.69, 9.17) is 0 Å². The molecule has 1 aromatic heterocycles. The van der Waals surface area contributed by atoms with Crippen LogP contribution in [0.1, 0.15) is 5.69 Å². The molecule has 3 heteroatoms. The molecule has 0 aliphatic carbocycles. The number of rotatable bonds is 2. The molecule has 20 heavy (non-hydrogen) atoms. The third kappa shape index (κ3) is 2.69. The van der Waals surface area contributed by atoms with E-state index in [1.165, 1.54) is 26.2 Å². The van der Waals surface area contributed by atoms with E-state index >= 15 is 0 Å². The van der Waals surface area contributed by atoms with E-state index < -0.39 is 0 Å². The maximum Gasteiger partial charge on any atom is 0.0531 e. The van der Waals surface area contributed by atoms with Gasteiger partial charge in [-0.05, 0) is 77.5 Å². The molecule has 0 saturated heterocycles. The fourth-order valence-corrected chi connectivity index (χ4v) is 3.13. The number of nitrogens with zero attached hydrogens (tertiary/aromatic N) is 1. The van der Waals surface area contributed by atoms with Gasteiger partial charge in [-0.25, -0.2) is 0 Å². The van der Waals surface area contributed by atoms with Gasteiger partial charge < -0.3 is 4.57 Å². The van der Waals surface area contributed by atoms with Crippen molar-refractivity contribution in [3.05, 3.63) is 74.4 Å². The van der Waals surface area contributed by atoms with Gasteiger partial charge in [-0.15, -0.1) is 0 Å². The molecule has 1 heterocycles.